The quantitative estimate of drug-likeness (QED) is 0.735. The molecule has 0 unspecified atom stereocenters. The summed E-state index contributed by atoms with van der Waals surface area (Å²) >= 11 is 0. The van der Waals surface area contributed by atoms with Gasteiger partial charge in [-0.3, -0.25) is 9.78 Å². The first kappa shape index (κ1) is 20.3. The van der Waals surface area contributed by atoms with Crippen molar-refractivity contribution in [3.8, 4) is 5.75 Å². The number of halogens is 1. The molecule has 2 atom stereocenters. The van der Waals surface area contributed by atoms with Crippen molar-refractivity contribution in [1.82, 2.24) is 9.88 Å². The van der Waals surface area contributed by atoms with E-state index in [0.29, 0.717) is 30.7 Å². The molecule has 1 amide bonds. The van der Waals surface area contributed by atoms with Gasteiger partial charge in [0, 0.05) is 30.6 Å². The topological polar surface area (TPSA) is 62.7 Å². The maximum Gasteiger partial charge on any atom is 0.254 e. The van der Waals surface area contributed by atoms with E-state index in [9.17, 15) is 14.3 Å². The molecule has 1 aromatic heterocycles. The Morgan fingerprint density at radius 1 is 1.32 bits per heavy atom. The third-order valence-electron chi connectivity index (χ3n) is 5.30. The van der Waals surface area contributed by atoms with E-state index in [1.165, 1.54) is 12.1 Å². The van der Waals surface area contributed by atoms with Crippen molar-refractivity contribution in [1.29, 1.82) is 0 Å². The van der Waals surface area contributed by atoms with Gasteiger partial charge in [-0.25, -0.2) is 4.39 Å². The Hall–Kier alpha value is -2.47. The van der Waals surface area contributed by atoms with E-state index in [1.807, 2.05) is 0 Å². The lowest BCUT2D eigenvalue weighted by molar-refractivity contribution is -0.106. The summed E-state index contributed by atoms with van der Waals surface area (Å²) < 4.78 is 19.6. The van der Waals surface area contributed by atoms with Gasteiger partial charge in [0.2, 0.25) is 0 Å². The zero-order chi connectivity index (χ0) is 20.0. The van der Waals surface area contributed by atoms with E-state index in [0.717, 1.165) is 19.3 Å². The molecule has 0 radical (unpaired) electrons. The van der Waals surface area contributed by atoms with Crippen LogP contribution in [-0.2, 0) is 0 Å². The summed E-state index contributed by atoms with van der Waals surface area (Å²) in [4.78, 5) is 18.5. The van der Waals surface area contributed by atoms with Crippen LogP contribution in [0, 0.1) is 5.82 Å². The fourth-order valence-corrected chi connectivity index (χ4v) is 3.63. The maximum absolute atomic E-state index is 13.6. The van der Waals surface area contributed by atoms with E-state index in [2.05, 4.69) is 11.9 Å². The van der Waals surface area contributed by atoms with Crippen LogP contribution in [0.3, 0.4) is 0 Å². The summed E-state index contributed by atoms with van der Waals surface area (Å²) in [5, 5.41) is 11.3. The molecule has 150 valence electrons. The number of unbranched alkanes of at least 4 members (excludes halogenated alkanes) is 2. The molecule has 1 aromatic carbocycles. The molecule has 1 N–H and O–H groups in total. The number of pyridine rings is 1. The molecule has 6 heteroatoms. The van der Waals surface area contributed by atoms with Crippen LogP contribution < -0.4 is 4.74 Å². The van der Waals surface area contributed by atoms with Gasteiger partial charge >= 0.3 is 0 Å². The summed E-state index contributed by atoms with van der Waals surface area (Å²) in [6.07, 6.45) is 6.52. The fourth-order valence-electron chi connectivity index (χ4n) is 3.63. The Morgan fingerprint density at radius 3 is 2.82 bits per heavy atom. The van der Waals surface area contributed by atoms with Crippen LogP contribution in [0.25, 0.3) is 0 Å². The minimum absolute atomic E-state index is 0.120. The number of hydrogen-bond donors (Lipinski definition) is 1. The second kappa shape index (κ2) is 9.15. The highest BCUT2D eigenvalue weighted by Gasteiger charge is 2.44. The van der Waals surface area contributed by atoms with Crippen LogP contribution in [0.2, 0.25) is 0 Å². The monoisotopic (exact) mass is 386 g/mol. The van der Waals surface area contributed by atoms with Crippen LogP contribution in [0.5, 0.6) is 5.75 Å². The number of aromatic nitrogens is 1. The molecule has 1 aliphatic rings. The minimum atomic E-state index is -1.05. The molecule has 1 fully saturated rings. The maximum atomic E-state index is 13.6. The highest BCUT2D eigenvalue weighted by molar-refractivity contribution is 5.94. The van der Waals surface area contributed by atoms with Crippen molar-refractivity contribution in [3.05, 3.63) is 60.2 Å². The van der Waals surface area contributed by atoms with Crippen molar-refractivity contribution in [3.63, 3.8) is 0 Å². The Morgan fingerprint density at radius 2 is 2.11 bits per heavy atom. The van der Waals surface area contributed by atoms with Gasteiger partial charge in [0.05, 0.1) is 6.54 Å². The number of ether oxygens (including phenoxy) is 1. The third kappa shape index (κ3) is 4.87. The van der Waals surface area contributed by atoms with Crippen LogP contribution in [0.15, 0.2) is 48.8 Å². The highest BCUT2D eigenvalue weighted by atomic mass is 19.1. The fraction of sp³-hybridized carbons (Fsp3) is 0.455. The summed E-state index contributed by atoms with van der Waals surface area (Å²) in [5.74, 6) is -0.157. The second-order valence-electron chi connectivity index (χ2n) is 7.36. The van der Waals surface area contributed by atoms with Crippen molar-refractivity contribution >= 4 is 5.91 Å². The largest absolute Gasteiger partial charge is 0.485 e. The van der Waals surface area contributed by atoms with Gasteiger partial charge in [0.15, 0.2) is 0 Å². The lowest BCUT2D eigenvalue weighted by atomic mass is 9.83. The zero-order valence-electron chi connectivity index (χ0n) is 16.2. The molecule has 0 spiro atoms. The minimum Gasteiger partial charge on any atom is -0.485 e. The molecule has 5 nitrogen and oxygen atoms in total. The smallest absolute Gasteiger partial charge is 0.254 e. The van der Waals surface area contributed by atoms with E-state index in [-0.39, 0.29) is 12.5 Å². The number of aliphatic hydroxyl groups is 1. The van der Waals surface area contributed by atoms with Gasteiger partial charge < -0.3 is 14.7 Å². The Balaban J connectivity index is 1.78. The number of nitrogens with zero attached hydrogens (tertiary/aromatic N) is 2. The summed E-state index contributed by atoms with van der Waals surface area (Å²) in [6.45, 7) is 2.81. The molecule has 0 bridgehead atoms. The molecule has 0 aliphatic carbocycles. The number of benzene rings is 1. The average Bonchev–Trinajstić information content (AvgIpc) is 2.70. The van der Waals surface area contributed by atoms with Crippen molar-refractivity contribution in [2.24, 2.45) is 0 Å². The van der Waals surface area contributed by atoms with Gasteiger partial charge in [0.25, 0.3) is 5.91 Å². The van der Waals surface area contributed by atoms with Crippen molar-refractivity contribution in [2.45, 2.75) is 50.7 Å². The first-order valence-corrected chi connectivity index (χ1v) is 9.86. The highest BCUT2D eigenvalue weighted by Crippen LogP contribution is 2.32. The molecule has 2 heterocycles. The molecule has 3 rings (SSSR count). The third-order valence-corrected chi connectivity index (χ3v) is 5.30. The molecular weight excluding hydrogens is 359 g/mol. The van der Waals surface area contributed by atoms with Crippen molar-refractivity contribution in [2.75, 3.05) is 13.1 Å². The van der Waals surface area contributed by atoms with Gasteiger partial charge in [0.1, 0.15) is 23.3 Å². The Labute approximate surface area is 165 Å². The van der Waals surface area contributed by atoms with E-state index in [1.54, 1.807) is 41.6 Å². The number of carbonyl (C=O) groups excluding carboxylic acids is 1. The Kier molecular flexibility index (Phi) is 6.62. The number of likely N-dealkylation sites (tertiary alicyclic amines) is 1. The second-order valence-corrected chi connectivity index (χ2v) is 7.36. The van der Waals surface area contributed by atoms with Crippen molar-refractivity contribution < 1.29 is 19.0 Å². The number of rotatable bonds is 7. The van der Waals surface area contributed by atoms with E-state index in [4.69, 9.17) is 4.74 Å². The molecule has 1 aliphatic heterocycles. The predicted octanol–water partition coefficient (Wildman–Crippen LogP) is 3.83. The average molecular weight is 386 g/mol. The van der Waals surface area contributed by atoms with Gasteiger partial charge in [-0.15, -0.1) is 0 Å². The normalized spacial score (nSPS) is 22.1. The summed E-state index contributed by atoms with van der Waals surface area (Å²) in [5.41, 5.74) is -0.493. The first-order chi connectivity index (χ1) is 13.5. The van der Waals surface area contributed by atoms with Gasteiger partial charge in [-0.2, -0.15) is 0 Å². The lowest BCUT2D eigenvalue weighted by Gasteiger charge is -2.44. The standard InChI is InChI=1S/C22H27FN2O3/c1-2-3-4-10-22(27)11-14-25(21(26)17-8-12-24-13-9-17)16-20(22)28-19-7-5-6-18(23)15-19/h5-9,12-13,15,20,27H,2-4,10-11,14,16H2,1H3/t20-,22-/m0/s1. The molecular formula is C22H27FN2O3. The first-order valence-electron chi connectivity index (χ1n) is 9.86. The molecule has 2 aromatic rings. The van der Waals surface area contributed by atoms with Gasteiger partial charge in [-0.05, 0) is 37.1 Å². The Bertz CT molecular complexity index is 786. The number of amides is 1. The zero-order valence-corrected chi connectivity index (χ0v) is 16.2. The SMILES string of the molecule is CCCCC[C@]1(O)CCN(C(=O)c2ccncc2)C[C@@H]1Oc1cccc(F)c1. The number of hydrogen-bond acceptors (Lipinski definition) is 4. The molecule has 0 saturated carbocycles. The number of carbonyl (C=O) groups is 1. The van der Waals surface area contributed by atoms with Crippen LogP contribution in [0.4, 0.5) is 4.39 Å². The van der Waals surface area contributed by atoms with Crippen LogP contribution >= 0.6 is 0 Å². The van der Waals surface area contributed by atoms with E-state index < -0.39 is 17.5 Å². The van der Waals surface area contributed by atoms with E-state index >= 15 is 0 Å². The summed E-state index contributed by atoms with van der Waals surface area (Å²) in [7, 11) is 0. The molecule has 28 heavy (non-hydrogen) atoms. The molecule has 1 saturated heterocycles. The van der Waals surface area contributed by atoms with Crippen LogP contribution in [-0.4, -0.2) is 45.7 Å². The van der Waals surface area contributed by atoms with Gasteiger partial charge in [-0.1, -0.05) is 32.3 Å². The number of piperidine rings is 1. The summed E-state index contributed by atoms with van der Waals surface area (Å²) in [6, 6.07) is 9.23. The van der Waals surface area contributed by atoms with Crippen LogP contribution in [0.1, 0.15) is 49.4 Å². The lowest BCUT2D eigenvalue weighted by Crippen LogP contribution is -2.59. The predicted molar refractivity (Wildman–Crippen MR) is 105 cm³/mol.